The molecule has 0 N–H and O–H groups in total. The van der Waals surface area contributed by atoms with Crippen LogP contribution in [0.3, 0.4) is 0 Å². The van der Waals surface area contributed by atoms with Crippen molar-refractivity contribution in [2.45, 2.75) is 25.4 Å². The molecule has 0 aromatic rings. The molecule has 0 aromatic carbocycles. The number of carbonyl (C=O) groups is 1. The Bertz CT molecular complexity index is 200. The standard InChI is InChI=1S/C5H8N2O5/c1-2-3-5(4-8,6(9)10)7(11)12/h4H,2-3H2,1H3. The number of nitro groups is 2. The van der Waals surface area contributed by atoms with E-state index in [-0.39, 0.29) is 19.1 Å². The van der Waals surface area contributed by atoms with Crippen LogP contribution in [0.15, 0.2) is 0 Å². The fraction of sp³-hybridized carbons (Fsp3) is 0.800. The van der Waals surface area contributed by atoms with E-state index in [2.05, 4.69) is 0 Å². The van der Waals surface area contributed by atoms with Crippen LogP contribution in [0.4, 0.5) is 0 Å². The van der Waals surface area contributed by atoms with E-state index in [0.29, 0.717) is 0 Å². The Labute approximate surface area is 67.7 Å². The number of nitrogens with zero attached hydrogens (tertiary/aromatic N) is 2. The van der Waals surface area contributed by atoms with Crippen molar-refractivity contribution < 1.29 is 14.6 Å². The predicted molar refractivity (Wildman–Crippen MR) is 37.7 cm³/mol. The molecule has 0 amide bonds. The molecule has 7 nitrogen and oxygen atoms in total. The minimum atomic E-state index is -2.64. The lowest BCUT2D eigenvalue weighted by molar-refractivity contribution is -0.774. The summed E-state index contributed by atoms with van der Waals surface area (Å²) in [5.41, 5.74) is -2.64. The highest BCUT2D eigenvalue weighted by Crippen LogP contribution is 2.14. The molecule has 0 saturated carbocycles. The molecule has 0 aliphatic heterocycles. The van der Waals surface area contributed by atoms with Gasteiger partial charge in [0.2, 0.25) is 0 Å². The Hall–Kier alpha value is -1.53. The molecule has 0 aliphatic carbocycles. The SMILES string of the molecule is CCCC(C=O)([N+](=O)[O-])[N+](=O)[O-]. The second kappa shape index (κ2) is 3.74. The van der Waals surface area contributed by atoms with Crippen LogP contribution >= 0.6 is 0 Å². The Balaban J connectivity index is 4.89. The lowest BCUT2D eigenvalue weighted by Crippen LogP contribution is -2.47. The van der Waals surface area contributed by atoms with Gasteiger partial charge in [0.25, 0.3) is 6.29 Å². The van der Waals surface area contributed by atoms with Gasteiger partial charge in [0.15, 0.2) is 0 Å². The van der Waals surface area contributed by atoms with E-state index in [9.17, 15) is 25.0 Å². The van der Waals surface area contributed by atoms with Gasteiger partial charge in [-0.15, -0.1) is 0 Å². The van der Waals surface area contributed by atoms with Gasteiger partial charge in [-0.05, 0) is 6.42 Å². The molecule has 0 heterocycles. The van der Waals surface area contributed by atoms with Crippen molar-refractivity contribution in [3.05, 3.63) is 20.2 Å². The van der Waals surface area contributed by atoms with Gasteiger partial charge in [-0.1, -0.05) is 6.92 Å². The second-order valence-corrected chi connectivity index (χ2v) is 2.26. The zero-order valence-corrected chi connectivity index (χ0v) is 6.43. The smallest absolute Gasteiger partial charge is 0.287 e. The number of rotatable bonds is 5. The van der Waals surface area contributed by atoms with Crippen LogP contribution in [-0.2, 0) is 4.79 Å². The molecule has 0 radical (unpaired) electrons. The predicted octanol–water partition coefficient (Wildman–Crippen LogP) is 0.235. The quantitative estimate of drug-likeness (QED) is 0.258. The largest absolute Gasteiger partial charge is 0.512 e. The molecule has 68 valence electrons. The van der Waals surface area contributed by atoms with Crippen molar-refractivity contribution in [2.75, 3.05) is 0 Å². The molecular formula is C5H8N2O5. The Kier molecular flexibility index (Phi) is 3.27. The average Bonchev–Trinajstić information content (AvgIpc) is 1.98. The van der Waals surface area contributed by atoms with Crippen LogP contribution in [0.25, 0.3) is 0 Å². The first-order valence-electron chi connectivity index (χ1n) is 3.26. The number of hydrogen-bond acceptors (Lipinski definition) is 5. The van der Waals surface area contributed by atoms with E-state index in [0.717, 1.165) is 0 Å². The van der Waals surface area contributed by atoms with Gasteiger partial charge in [0.05, 0.1) is 6.42 Å². The molecule has 0 saturated heterocycles. The van der Waals surface area contributed by atoms with E-state index in [4.69, 9.17) is 0 Å². The first-order chi connectivity index (χ1) is 5.51. The lowest BCUT2D eigenvalue weighted by atomic mass is 10.1. The summed E-state index contributed by atoms with van der Waals surface area (Å²) in [7, 11) is 0. The van der Waals surface area contributed by atoms with Crippen molar-refractivity contribution in [3.63, 3.8) is 0 Å². The van der Waals surface area contributed by atoms with Crippen LogP contribution < -0.4 is 0 Å². The topological polar surface area (TPSA) is 103 Å². The molecule has 0 atom stereocenters. The molecular weight excluding hydrogens is 168 g/mol. The molecule has 12 heavy (non-hydrogen) atoms. The highest BCUT2D eigenvalue weighted by molar-refractivity contribution is 5.59. The third kappa shape index (κ3) is 1.55. The van der Waals surface area contributed by atoms with E-state index in [1.807, 2.05) is 0 Å². The first-order valence-corrected chi connectivity index (χ1v) is 3.26. The van der Waals surface area contributed by atoms with Crippen LogP contribution in [0.1, 0.15) is 19.8 Å². The summed E-state index contributed by atoms with van der Waals surface area (Å²) in [5.74, 6) is 0. The van der Waals surface area contributed by atoms with Gasteiger partial charge in [-0.25, -0.2) is 0 Å². The van der Waals surface area contributed by atoms with Gasteiger partial charge in [-0.2, -0.15) is 0 Å². The zero-order chi connectivity index (χ0) is 9.78. The van der Waals surface area contributed by atoms with Gasteiger partial charge in [0.1, 0.15) is 9.85 Å². The Morgan fingerprint density at radius 2 is 1.75 bits per heavy atom. The van der Waals surface area contributed by atoms with Crippen LogP contribution in [0.2, 0.25) is 0 Å². The molecule has 0 aromatic heterocycles. The highest BCUT2D eigenvalue weighted by Gasteiger charge is 2.55. The summed E-state index contributed by atoms with van der Waals surface area (Å²) in [5, 5.41) is 20.4. The third-order valence-corrected chi connectivity index (χ3v) is 1.44. The van der Waals surface area contributed by atoms with E-state index in [1.165, 1.54) is 6.92 Å². The summed E-state index contributed by atoms with van der Waals surface area (Å²) >= 11 is 0. The Morgan fingerprint density at radius 3 is 1.83 bits per heavy atom. The van der Waals surface area contributed by atoms with E-state index < -0.39 is 15.5 Å². The summed E-state index contributed by atoms with van der Waals surface area (Å²) in [6.07, 6.45) is -0.395. The van der Waals surface area contributed by atoms with Crippen molar-refractivity contribution >= 4 is 6.29 Å². The zero-order valence-electron chi connectivity index (χ0n) is 6.43. The van der Waals surface area contributed by atoms with Gasteiger partial charge in [-0.3, -0.25) is 25.0 Å². The normalized spacial score (nSPS) is 10.8. The van der Waals surface area contributed by atoms with Crippen molar-refractivity contribution in [1.82, 2.24) is 0 Å². The second-order valence-electron chi connectivity index (χ2n) is 2.26. The summed E-state index contributed by atoms with van der Waals surface area (Å²) in [6, 6.07) is 0. The number of hydrogen-bond donors (Lipinski definition) is 0. The fourth-order valence-corrected chi connectivity index (χ4v) is 0.762. The molecule has 0 spiro atoms. The van der Waals surface area contributed by atoms with Crippen molar-refractivity contribution in [2.24, 2.45) is 0 Å². The van der Waals surface area contributed by atoms with Crippen LogP contribution in [0, 0.1) is 20.2 Å². The van der Waals surface area contributed by atoms with E-state index in [1.54, 1.807) is 0 Å². The first kappa shape index (κ1) is 10.5. The Morgan fingerprint density at radius 1 is 1.33 bits per heavy atom. The van der Waals surface area contributed by atoms with Crippen LogP contribution in [0.5, 0.6) is 0 Å². The van der Waals surface area contributed by atoms with E-state index >= 15 is 0 Å². The minimum absolute atomic E-state index is 0.209. The maximum absolute atomic E-state index is 10.2. The molecule has 0 bridgehead atoms. The number of carbonyl (C=O) groups excluding carboxylic acids is 1. The maximum atomic E-state index is 10.2. The minimum Gasteiger partial charge on any atom is -0.287 e. The van der Waals surface area contributed by atoms with Crippen molar-refractivity contribution in [1.29, 1.82) is 0 Å². The lowest BCUT2D eigenvalue weighted by Gasteiger charge is -2.08. The maximum Gasteiger partial charge on any atom is 0.512 e. The summed E-state index contributed by atoms with van der Waals surface area (Å²) < 4.78 is 0. The highest BCUT2D eigenvalue weighted by atomic mass is 16.7. The molecule has 0 unspecified atom stereocenters. The summed E-state index contributed by atoms with van der Waals surface area (Å²) in [4.78, 5) is 28.3. The third-order valence-electron chi connectivity index (χ3n) is 1.44. The average molecular weight is 176 g/mol. The molecule has 0 aliphatic rings. The molecule has 7 heteroatoms. The number of aldehydes is 1. The molecule has 0 fully saturated rings. The van der Waals surface area contributed by atoms with Crippen LogP contribution in [-0.4, -0.2) is 21.8 Å². The fourth-order valence-electron chi connectivity index (χ4n) is 0.762. The summed E-state index contributed by atoms with van der Waals surface area (Å²) in [6.45, 7) is 1.53. The van der Waals surface area contributed by atoms with Gasteiger partial charge < -0.3 is 0 Å². The van der Waals surface area contributed by atoms with Gasteiger partial charge in [0, 0.05) is 0 Å². The molecule has 0 rings (SSSR count). The van der Waals surface area contributed by atoms with Gasteiger partial charge >= 0.3 is 5.66 Å². The monoisotopic (exact) mass is 176 g/mol. The van der Waals surface area contributed by atoms with Crippen molar-refractivity contribution in [3.8, 4) is 0 Å².